The Hall–Kier alpha value is -0.540. The first-order valence-electron chi connectivity index (χ1n) is 5.38. The lowest BCUT2D eigenvalue weighted by molar-refractivity contribution is 0.0890. The average Bonchev–Trinajstić information content (AvgIpc) is 2.65. The molecule has 2 atom stereocenters. The predicted octanol–water partition coefficient (Wildman–Crippen LogP) is 2.98. The molecule has 0 saturated carbocycles. The summed E-state index contributed by atoms with van der Waals surface area (Å²) < 4.78 is 6.98. The molecular weight excluding hydrogens is 254 g/mol. The van der Waals surface area contributed by atoms with Gasteiger partial charge in [0.2, 0.25) is 0 Å². The van der Waals surface area contributed by atoms with E-state index in [2.05, 4.69) is 46.1 Å². The van der Waals surface area contributed by atoms with E-state index in [-0.39, 0.29) is 0 Å². The van der Waals surface area contributed by atoms with E-state index in [0.717, 1.165) is 17.6 Å². The van der Waals surface area contributed by atoms with Crippen LogP contribution in [-0.2, 0) is 4.74 Å². The molecule has 0 N–H and O–H groups in total. The number of halogens is 1. The molecular formula is C12H14BrNO. The molecule has 0 radical (unpaired) electrons. The number of hydrogen-bond acceptors (Lipinski definition) is 2. The molecule has 3 rings (SSSR count). The lowest BCUT2D eigenvalue weighted by Crippen LogP contribution is -2.33. The van der Waals surface area contributed by atoms with Gasteiger partial charge in [-0.15, -0.1) is 0 Å². The van der Waals surface area contributed by atoms with Crippen LogP contribution in [0.15, 0.2) is 22.7 Å². The Morgan fingerprint density at radius 2 is 2.33 bits per heavy atom. The van der Waals surface area contributed by atoms with Crippen molar-refractivity contribution in [3.63, 3.8) is 0 Å². The van der Waals surface area contributed by atoms with Gasteiger partial charge in [0.15, 0.2) is 0 Å². The highest BCUT2D eigenvalue weighted by atomic mass is 79.9. The molecule has 0 amide bonds. The molecule has 1 fully saturated rings. The Morgan fingerprint density at radius 1 is 1.47 bits per heavy atom. The highest BCUT2D eigenvalue weighted by Gasteiger charge is 2.36. The number of hydrogen-bond donors (Lipinski definition) is 0. The zero-order valence-electron chi connectivity index (χ0n) is 8.74. The molecule has 0 aromatic heterocycles. The van der Waals surface area contributed by atoms with Crippen molar-refractivity contribution < 1.29 is 4.74 Å². The van der Waals surface area contributed by atoms with Crippen molar-refractivity contribution in [2.45, 2.75) is 12.5 Å². The second-order valence-electron chi connectivity index (χ2n) is 4.42. The van der Waals surface area contributed by atoms with E-state index in [1.807, 2.05) is 0 Å². The molecule has 2 aliphatic heterocycles. The predicted molar refractivity (Wildman–Crippen MR) is 64.2 cm³/mol. The van der Waals surface area contributed by atoms with Crippen molar-refractivity contribution in [3.8, 4) is 0 Å². The monoisotopic (exact) mass is 267 g/mol. The van der Waals surface area contributed by atoms with Crippen molar-refractivity contribution in [1.29, 1.82) is 0 Å². The zero-order chi connectivity index (χ0) is 10.4. The van der Waals surface area contributed by atoms with Gasteiger partial charge in [-0.2, -0.15) is 0 Å². The first kappa shape index (κ1) is 9.67. The van der Waals surface area contributed by atoms with Crippen LogP contribution < -0.4 is 4.90 Å². The Kier molecular flexibility index (Phi) is 2.25. The molecule has 1 aromatic carbocycles. The highest BCUT2D eigenvalue weighted by molar-refractivity contribution is 9.10. The van der Waals surface area contributed by atoms with Crippen LogP contribution in [0.25, 0.3) is 0 Å². The summed E-state index contributed by atoms with van der Waals surface area (Å²) in [6.45, 7) is 2.04. The van der Waals surface area contributed by atoms with Gasteiger partial charge in [0.05, 0.1) is 6.10 Å². The molecule has 0 spiro atoms. The number of nitrogens with zero attached hydrogens (tertiary/aromatic N) is 1. The molecule has 1 aromatic rings. The lowest BCUT2D eigenvalue weighted by atomic mass is 9.89. The van der Waals surface area contributed by atoms with Gasteiger partial charge in [0.25, 0.3) is 0 Å². The van der Waals surface area contributed by atoms with Gasteiger partial charge in [0, 0.05) is 41.8 Å². The molecule has 2 unspecified atom stereocenters. The number of benzene rings is 1. The summed E-state index contributed by atoms with van der Waals surface area (Å²) in [5.74, 6) is 0.678. The third-order valence-corrected chi connectivity index (χ3v) is 3.92. The largest absolute Gasteiger partial charge is 0.374 e. The van der Waals surface area contributed by atoms with Gasteiger partial charge in [-0.1, -0.05) is 15.9 Å². The van der Waals surface area contributed by atoms with E-state index in [0.29, 0.717) is 12.0 Å². The highest BCUT2D eigenvalue weighted by Crippen LogP contribution is 2.44. The van der Waals surface area contributed by atoms with Crippen molar-refractivity contribution in [3.05, 3.63) is 28.2 Å². The van der Waals surface area contributed by atoms with Crippen LogP contribution in [-0.4, -0.2) is 20.2 Å². The zero-order valence-corrected chi connectivity index (χ0v) is 10.3. The summed E-state index contributed by atoms with van der Waals surface area (Å²) in [5.41, 5.74) is 2.67. The molecule has 1 saturated heterocycles. The number of rotatable bonds is 0. The number of anilines is 1. The molecule has 2 nitrogen and oxygen atoms in total. The van der Waals surface area contributed by atoms with Crippen LogP contribution in [0.1, 0.15) is 18.1 Å². The maximum atomic E-state index is 5.84. The summed E-state index contributed by atoms with van der Waals surface area (Å²) in [6.07, 6.45) is 1.52. The van der Waals surface area contributed by atoms with E-state index in [1.54, 1.807) is 0 Å². The van der Waals surface area contributed by atoms with Crippen molar-refractivity contribution in [2.24, 2.45) is 5.92 Å². The summed E-state index contributed by atoms with van der Waals surface area (Å²) in [6, 6.07) is 6.48. The molecule has 0 aliphatic carbocycles. The molecule has 2 aliphatic rings. The molecule has 2 heterocycles. The topological polar surface area (TPSA) is 12.5 Å². The minimum absolute atomic E-state index is 0.327. The Morgan fingerprint density at radius 3 is 3.20 bits per heavy atom. The third-order valence-electron chi connectivity index (χ3n) is 3.43. The normalized spacial score (nSPS) is 28.8. The van der Waals surface area contributed by atoms with Crippen LogP contribution >= 0.6 is 15.9 Å². The number of ether oxygens (including phenoxy) is 1. The first-order valence-corrected chi connectivity index (χ1v) is 6.17. The van der Waals surface area contributed by atoms with E-state index in [1.165, 1.54) is 17.7 Å². The van der Waals surface area contributed by atoms with Gasteiger partial charge in [0.1, 0.15) is 0 Å². The van der Waals surface area contributed by atoms with E-state index >= 15 is 0 Å². The maximum Gasteiger partial charge on any atom is 0.0891 e. The minimum Gasteiger partial charge on any atom is -0.374 e. The molecule has 3 heteroatoms. The van der Waals surface area contributed by atoms with Crippen LogP contribution in [0.4, 0.5) is 5.69 Å². The lowest BCUT2D eigenvalue weighted by Gasteiger charge is -2.35. The SMILES string of the molecule is CN1CC2CCOC2c2cc(Br)ccc21. The first-order chi connectivity index (χ1) is 7.25. The summed E-state index contributed by atoms with van der Waals surface area (Å²) in [7, 11) is 2.17. The summed E-state index contributed by atoms with van der Waals surface area (Å²) in [4.78, 5) is 2.34. The Bertz CT molecular complexity index is 393. The van der Waals surface area contributed by atoms with Crippen LogP contribution in [0.3, 0.4) is 0 Å². The Balaban J connectivity index is 2.11. The van der Waals surface area contributed by atoms with Crippen LogP contribution in [0, 0.1) is 5.92 Å². The molecule has 0 bridgehead atoms. The summed E-state index contributed by atoms with van der Waals surface area (Å²) in [5, 5.41) is 0. The van der Waals surface area contributed by atoms with Crippen molar-refractivity contribution in [2.75, 3.05) is 25.1 Å². The standard InChI is InChI=1S/C12H14BrNO/c1-14-7-8-4-5-15-12(8)10-6-9(13)2-3-11(10)14/h2-3,6,8,12H,4-5,7H2,1H3. The third kappa shape index (κ3) is 1.49. The van der Waals surface area contributed by atoms with E-state index in [4.69, 9.17) is 4.74 Å². The van der Waals surface area contributed by atoms with Gasteiger partial charge in [-0.25, -0.2) is 0 Å². The second-order valence-corrected chi connectivity index (χ2v) is 5.34. The van der Waals surface area contributed by atoms with Crippen molar-refractivity contribution in [1.82, 2.24) is 0 Å². The van der Waals surface area contributed by atoms with Gasteiger partial charge in [-0.3, -0.25) is 0 Å². The van der Waals surface area contributed by atoms with E-state index < -0.39 is 0 Å². The number of fused-ring (bicyclic) bond motifs is 3. The fourth-order valence-corrected chi connectivity index (χ4v) is 3.09. The maximum absolute atomic E-state index is 5.84. The smallest absolute Gasteiger partial charge is 0.0891 e. The minimum atomic E-state index is 0.327. The Labute approximate surface area is 98.4 Å². The summed E-state index contributed by atoms with van der Waals surface area (Å²) >= 11 is 3.53. The van der Waals surface area contributed by atoms with Crippen LogP contribution in [0.5, 0.6) is 0 Å². The van der Waals surface area contributed by atoms with Crippen molar-refractivity contribution >= 4 is 21.6 Å². The van der Waals surface area contributed by atoms with Gasteiger partial charge < -0.3 is 9.64 Å². The fourth-order valence-electron chi connectivity index (χ4n) is 2.72. The average molecular weight is 268 g/mol. The van der Waals surface area contributed by atoms with Gasteiger partial charge in [-0.05, 0) is 24.6 Å². The quantitative estimate of drug-likeness (QED) is 0.717. The second kappa shape index (κ2) is 3.49. The molecule has 80 valence electrons. The van der Waals surface area contributed by atoms with Crippen LogP contribution in [0.2, 0.25) is 0 Å². The van der Waals surface area contributed by atoms with Gasteiger partial charge >= 0.3 is 0 Å². The fraction of sp³-hybridized carbons (Fsp3) is 0.500. The van der Waals surface area contributed by atoms with E-state index in [9.17, 15) is 0 Å². The molecule has 15 heavy (non-hydrogen) atoms.